The largest absolute Gasteiger partial charge is 0.494 e. The van der Waals surface area contributed by atoms with Crippen LogP contribution in [-0.4, -0.2) is 54.9 Å². The second kappa shape index (κ2) is 8.97. The fourth-order valence-corrected chi connectivity index (χ4v) is 4.81. The molecule has 2 aliphatic rings. The molecule has 3 atom stereocenters. The van der Waals surface area contributed by atoms with Crippen molar-refractivity contribution >= 4 is 11.8 Å². The molecular weight excluding hydrogens is 352 g/mol. The molecule has 1 saturated heterocycles. The summed E-state index contributed by atoms with van der Waals surface area (Å²) < 4.78 is 5.59. The second-order valence-corrected chi connectivity index (χ2v) is 8.51. The molecule has 0 radical (unpaired) electrons. The van der Waals surface area contributed by atoms with Gasteiger partial charge >= 0.3 is 0 Å². The Hall–Kier alpha value is -2.04. The van der Waals surface area contributed by atoms with Gasteiger partial charge in [0.05, 0.1) is 6.61 Å². The van der Waals surface area contributed by atoms with Crippen LogP contribution < -0.4 is 4.74 Å². The maximum Gasteiger partial charge on any atom is 0.222 e. The first-order valence-corrected chi connectivity index (χ1v) is 10.6. The zero-order chi connectivity index (χ0) is 20.3. The van der Waals surface area contributed by atoms with E-state index in [2.05, 4.69) is 19.1 Å². The van der Waals surface area contributed by atoms with Crippen LogP contribution in [0.1, 0.15) is 50.2 Å². The maximum atomic E-state index is 12.7. The van der Waals surface area contributed by atoms with Crippen LogP contribution in [0.5, 0.6) is 5.75 Å². The summed E-state index contributed by atoms with van der Waals surface area (Å²) in [6, 6.07) is 6.57. The monoisotopic (exact) mass is 386 g/mol. The number of benzene rings is 1. The van der Waals surface area contributed by atoms with Crippen LogP contribution in [0.2, 0.25) is 0 Å². The summed E-state index contributed by atoms with van der Waals surface area (Å²) in [6.07, 6.45) is 5.00. The zero-order valence-electron chi connectivity index (χ0n) is 17.7. The van der Waals surface area contributed by atoms with Gasteiger partial charge in [0.15, 0.2) is 0 Å². The van der Waals surface area contributed by atoms with E-state index in [9.17, 15) is 9.59 Å². The van der Waals surface area contributed by atoms with E-state index < -0.39 is 0 Å². The van der Waals surface area contributed by atoms with Gasteiger partial charge in [0.1, 0.15) is 5.75 Å². The van der Waals surface area contributed by atoms with Crippen LogP contribution in [0.15, 0.2) is 18.2 Å². The Bertz CT molecular complexity index is 718. The number of piperidine rings is 1. The maximum absolute atomic E-state index is 12.7. The second-order valence-electron chi connectivity index (χ2n) is 8.51. The SMILES string of the molecule is CCOc1ccc(CCCC(=O)N(C)[C@@H]2C[C@@H]3CC(=O)N(C)C[C@@H]3C2)cc1C. The minimum Gasteiger partial charge on any atom is -0.494 e. The fraction of sp³-hybridized carbons (Fsp3) is 0.652. The van der Waals surface area contributed by atoms with Crippen molar-refractivity contribution < 1.29 is 14.3 Å². The molecule has 2 amide bonds. The lowest BCUT2D eigenvalue weighted by molar-refractivity contribution is -0.135. The lowest BCUT2D eigenvalue weighted by Gasteiger charge is -2.31. The van der Waals surface area contributed by atoms with Gasteiger partial charge in [-0.3, -0.25) is 9.59 Å². The summed E-state index contributed by atoms with van der Waals surface area (Å²) in [6.45, 7) is 5.58. The first-order valence-electron chi connectivity index (χ1n) is 10.6. The van der Waals surface area contributed by atoms with Gasteiger partial charge in [-0.25, -0.2) is 0 Å². The molecule has 3 rings (SSSR count). The third kappa shape index (κ3) is 4.68. The standard InChI is InChI=1S/C23H34N2O3/c1-5-28-21-10-9-17(11-16(21)2)7-6-8-22(26)25(4)20-12-18-14-23(27)24(3)15-19(18)13-20/h9-11,18-20H,5-8,12-15H2,1-4H3/t18-,19+,20-/m1/s1. The molecule has 1 aliphatic heterocycles. The smallest absolute Gasteiger partial charge is 0.222 e. The van der Waals surface area contributed by atoms with Crippen molar-refractivity contribution in [3.05, 3.63) is 29.3 Å². The minimum absolute atomic E-state index is 0.228. The van der Waals surface area contributed by atoms with Gasteiger partial charge in [0.25, 0.3) is 0 Å². The summed E-state index contributed by atoms with van der Waals surface area (Å²) in [4.78, 5) is 28.4. The van der Waals surface area contributed by atoms with Crippen molar-refractivity contribution in [1.82, 2.24) is 9.80 Å². The van der Waals surface area contributed by atoms with Crippen LogP contribution in [0, 0.1) is 18.8 Å². The van der Waals surface area contributed by atoms with E-state index in [0.717, 1.165) is 43.5 Å². The summed E-state index contributed by atoms with van der Waals surface area (Å²) in [7, 11) is 3.83. The van der Waals surface area contributed by atoms with Gasteiger partial charge < -0.3 is 14.5 Å². The first-order chi connectivity index (χ1) is 13.4. The van der Waals surface area contributed by atoms with E-state index in [1.165, 1.54) is 5.56 Å². The van der Waals surface area contributed by atoms with E-state index in [1.54, 1.807) is 0 Å². The Labute approximate surface area is 169 Å². The number of amides is 2. The summed E-state index contributed by atoms with van der Waals surface area (Å²) in [5.41, 5.74) is 2.40. The number of likely N-dealkylation sites (tertiary alicyclic amines) is 1. The topological polar surface area (TPSA) is 49.9 Å². The zero-order valence-corrected chi connectivity index (χ0v) is 17.7. The molecular formula is C23H34N2O3. The normalized spacial score (nSPS) is 24.2. The van der Waals surface area contributed by atoms with Crippen LogP contribution in [-0.2, 0) is 16.0 Å². The number of nitrogens with zero attached hydrogens (tertiary/aromatic N) is 2. The van der Waals surface area contributed by atoms with E-state index in [1.807, 2.05) is 36.9 Å². The molecule has 154 valence electrons. The average Bonchev–Trinajstić information content (AvgIpc) is 3.06. The van der Waals surface area contributed by atoms with Crippen molar-refractivity contribution in [3.63, 3.8) is 0 Å². The number of rotatable bonds is 7. The van der Waals surface area contributed by atoms with Gasteiger partial charge in [-0.2, -0.15) is 0 Å². The first kappa shape index (κ1) is 20.7. The third-order valence-corrected chi connectivity index (χ3v) is 6.52. The number of carbonyl (C=O) groups excluding carboxylic acids is 2. The Balaban J connectivity index is 1.46. The highest BCUT2D eigenvalue weighted by Gasteiger charge is 2.42. The molecule has 28 heavy (non-hydrogen) atoms. The molecule has 0 aromatic heterocycles. The van der Waals surface area contributed by atoms with Crippen molar-refractivity contribution in [2.45, 2.75) is 58.4 Å². The lowest BCUT2D eigenvalue weighted by atomic mass is 9.88. The molecule has 1 aromatic carbocycles. The van der Waals surface area contributed by atoms with Crippen LogP contribution in [0.4, 0.5) is 0 Å². The number of hydrogen-bond donors (Lipinski definition) is 0. The van der Waals surface area contributed by atoms with Crippen LogP contribution >= 0.6 is 0 Å². The van der Waals surface area contributed by atoms with Gasteiger partial charge in [-0.15, -0.1) is 0 Å². The summed E-state index contributed by atoms with van der Waals surface area (Å²) in [5, 5.41) is 0. The number of ether oxygens (including phenoxy) is 1. The number of aryl methyl sites for hydroxylation is 2. The Morgan fingerprint density at radius 3 is 2.75 bits per heavy atom. The quantitative estimate of drug-likeness (QED) is 0.721. The van der Waals surface area contributed by atoms with Crippen molar-refractivity contribution in [2.24, 2.45) is 11.8 Å². The van der Waals surface area contributed by atoms with E-state index in [0.29, 0.717) is 31.3 Å². The molecule has 5 nitrogen and oxygen atoms in total. The predicted molar refractivity (Wildman–Crippen MR) is 110 cm³/mol. The summed E-state index contributed by atoms with van der Waals surface area (Å²) >= 11 is 0. The molecule has 1 aromatic rings. The third-order valence-electron chi connectivity index (χ3n) is 6.52. The predicted octanol–water partition coefficient (Wildman–Crippen LogP) is 3.43. The fourth-order valence-electron chi connectivity index (χ4n) is 4.81. The van der Waals surface area contributed by atoms with Crippen LogP contribution in [0.3, 0.4) is 0 Å². The highest BCUT2D eigenvalue weighted by Crippen LogP contribution is 2.40. The molecule has 0 unspecified atom stereocenters. The summed E-state index contributed by atoms with van der Waals surface area (Å²) in [5.74, 6) is 2.42. The molecule has 1 heterocycles. The van der Waals surface area contributed by atoms with Crippen LogP contribution in [0.25, 0.3) is 0 Å². The van der Waals surface area contributed by atoms with Crippen molar-refractivity contribution in [1.29, 1.82) is 0 Å². The Morgan fingerprint density at radius 1 is 1.29 bits per heavy atom. The van der Waals surface area contributed by atoms with Gasteiger partial charge in [-0.1, -0.05) is 12.1 Å². The molecule has 5 heteroatoms. The van der Waals surface area contributed by atoms with Gasteiger partial charge in [0, 0.05) is 39.5 Å². The van der Waals surface area contributed by atoms with Crippen molar-refractivity contribution in [2.75, 3.05) is 27.2 Å². The number of hydrogen-bond acceptors (Lipinski definition) is 3. The molecule has 1 saturated carbocycles. The Morgan fingerprint density at radius 2 is 2.04 bits per heavy atom. The highest BCUT2D eigenvalue weighted by molar-refractivity contribution is 5.78. The molecule has 1 aliphatic carbocycles. The average molecular weight is 387 g/mol. The van der Waals surface area contributed by atoms with E-state index in [4.69, 9.17) is 4.74 Å². The number of fused-ring (bicyclic) bond motifs is 1. The molecule has 0 N–H and O–H groups in total. The molecule has 0 bridgehead atoms. The number of carbonyl (C=O) groups is 2. The highest BCUT2D eigenvalue weighted by atomic mass is 16.5. The molecule has 0 spiro atoms. The van der Waals surface area contributed by atoms with Gasteiger partial charge in [0.2, 0.25) is 11.8 Å². The Kier molecular flexibility index (Phi) is 6.63. The van der Waals surface area contributed by atoms with Gasteiger partial charge in [-0.05, 0) is 68.6 Å². The van der Waals surface area contributed by atoms with E-state index in [-0.39, 0.29) is 17.9 Å². The lowest BCUT2D eigenvalue weighted by Crippen LogP contribution is -2.39. The van der Waals surface area contributed by atoms with Crippen molar-refractivity contribution in [3.8, 4) is 5.75 Å². The van der Waals surface area contributed by atoms with E-state index >= 15 is 0 Å². The molecule has 2 fully saturated rings. The minimum atomic E-state index is 0.228.